The van der Waals surface area contributed by atoms with E-state index in [1.165, 1.54) is 6.92 Å². The van der Waals surface area contributed by atoms with E-state index in [0.717, 1.165) is 5.69 Å². The molecule has 0 aliphatic carbocycles. The molecule has 0 heterocycles. The second-order valence-corrected chi connectivity index (χ2v) is 3.06. The molecule has 78 valence electrons. The number of amides is 1. The SMILES string of the molecule is CC(=O)NN(CCC#N)c1ccccc1. The van der Waals surface area contributed by atoms with Crippen molar-refractivity contribution in [3.05, 3.63) is 30.3 Å². The van der Waals surface area contributed by atoms with Crippen molar-refractivity contribution in [1.29, 1.82) is 5.26 Å². The van der Waals surface area contributed by atoms with Gasteiger partial charge in [0.05, 0.1) is 24.7 Å². The van der Waals surface area contributed by atoms with Gasteiger partial charge in [-0.15, -0.1) is 0 Å². The highest BCUT2D eigenvalue weighted by molar-refractivity contribution is 5.75. The monoisotopic (exact) mass is 203 g/mol. The zero-order valence-electron chi connectivity index (χ0n) is 8.60. The molecule has 4 heteroatoms. The summed E-state index contributed by atoms with van der Waals surface area (Å²) in [5.74, 6) is -0.142. The van der Waals surface area contributed by atoms with Crippen molar-refractivity contribution in [2.75, 3.05) is 11.6 Å². The molecule has 1 rings (SSSR count). The van der Waals surface area contributed by atoms with Gasteiger partial charge in [-0.1, -0.05) is 18.2 Å². The molecular weight excluding hydrogens is 190 g/mol. The highest BCUT2D eigenvalue weighted by atomic mass is 16.2. The summed E-state index contributed by atoms with van der Waals surface area (Å²) in [6, 6.07) is 11.5. The lowest BCUT2D eigenvalue weighted by atomic mass is 10.3. The van der Waals surface area contributed by atoms with Crippen LogP contribution in [0.1, 0.15) is 13.3 Å². The second-order valence-electron chi connectivity index (χ2n) is 3.06. The molecule has 0 aromatic heterocycles. The molecule has 0 radical (unpaired) electrons. The Morgan fingerprint density at radius 3 is 2.67 bits per heavy atom. The van der Waals surface area contributed by atoms with E-state index in [1.807, 2.05) is 36.4 Å². The summed E-state index contributed by atoms with van der Waals surface area (Å²) in [7, 11) is 0. The van der Waals surface area contributed by atoms with E-state index >= 15 is 0 Å². The molecule has 0 atom stereocenters. The van der Waals surface area contributed by atoms with E-state index < -0.39 is 0 Å². The number of nitrogens with one attached hydrogen (secondary N) is 1. The summed E-state index contributed by atoms with van der Waals surface area (Å²) in [4.78, 5) is 11.0. The van der Waals surface area contributed by atoms with E-state index in [1.54, 1.807) is 5.01 Å². The van der Waals surface area contributed by atoms with Gasteiger partial charge in [0.2, 0.25) is 5.91 Å². The normalized spacial score (nSPS) is 9.07. The molecule has 1 aromatic carbocycles. The van der Waals surface area contributed by atoms with Crippen molar-refractivity contribution in [2.24, 2.45) is 0 Å². The van der Waals surface area contributed by atoms with Gasteiger partial charge in [0.15, 0.2) is 0 Å². The summed E-state index contributed by atoms with van der Waals surface area (Å²) in [6.45, 7) is 1.93. The topological polar surface area (TPSA) is 56.1 Å². The Morgan fingerprint density at radius 1 is 1.47 bits per heavy atom. The number of carbonyl (C=O) groups excluding carboxylic acids is 1. The minimum absolute atomic E-state index is 0.142. The maximum atomic E-state index is 11.0. The third-order valence-corrected chi connectivity index (χ3v) is 1.81. The summed E-state index contributed by atoms with van der Waals surface area (Å²) < 4.78 is 0. The van der Waals surface area contributed by atoms with Gasteiger partial charge in [0, 0.05) is 6.92 Å². The lowest BCUT2D eigenvalue weighted by molar-refractivity contribution is -0.119. The van der Waals surface area contributed by atoms with Crippen molar-refractivity contribution in [3.8, 4) is 6.07 Å². The Morgan fingerprint density at radius 2 is 2.13 bits per heavy atom. The van der Waals surface area contributed by atoms with Crippen LogP contribution in [0.4, 0.5) is 5.69 Å². The smallest absolute Gasteiger partial charge is 0.235 e. The Kier molecular flexibility index (Phi) is 4.17. The van der Waals surface area contributed by atoms with Gasteiger partial charge >= 0.3 is 0 Å². The maximum absolute atomic E-state index is 11.0. The van der Waals surface area contributed by atoms with Crippen LogP contribution in [0, 0.1) is 11.3 Å². The zero-order chi connectivity index (χ0) is 11.1. The van der Waals surface area contributed by atoms with Crippen LogP contribution in [0.15, 0.2) is 30.3 Å². The molecule has 15 heavy (non-hydrogen) atoms. The molecule has 0 aliphatic rings. The molecule has 1 amide bonds. The van der Waals surface area contributed by atoms with Crippen molar-refractivity contribution in [1.82, 2.24) is 5.43 Å². The first-order chi connectivity index (χ1) is 7.24. The molecule has 0 spiro atoms. The molecule has 0 unspecified atom stereocenters. The molecule has 0 bridgehead atoms. The van der Waals surface area contributed by atoms with Crippen LogP contribution in [0.25, 0.3) is 0 Å². The lowest BCUT2D eigenvalue weighted by Gasteiger charge is -2.23. The molecule has 0 aliphatic heterocycles. The molecular formula is C11H13N3O. The van der Waals surface area contributed by atoms with Crippen molar-refractivity contribution >= 4 is 11.6 Å². The molecule has 1 N–H and O–H groups in total. The molecule has 0 saturated carbocycles. The fourth-order valence-corrected chi connectivity index (χ4v) is 1.21. The molecule has 4 nitrogen and oxygen atoms in total. The predicted octanol–water partition coefficient (Wildman–Crippen LogP) is 1.46. The van der Waals surface area contributed by atoms with Crippen LogP contribution >= 0.6 is 0 Å². The summed E-state index contributed by atoms with van der Waals surface area (Å²) >= 11 is 0. The Labute approximate surface area is 89.1 Å². The average molecular weight is 203 g/mol. The van der Waals surface area contributed by atoms with Gasteiger partial charge in [-0.2, -0.15) is 5.26 Å². The third-order valence-electron chi connectivity index (χ3n) is 1.81. The predicted molar refractivity (Wildman–Crippen MR) is 57.8 cm³/mol. The summed E-state index contributed by atoms with van der Waals surface area (Å²) in [6.07, 6.45) is 0.370. The number of nitriles is 1. The van der Waals surface area contributed by atoms with E-state index in [4.69, 9.17) is 5.26 Å². The van der Waals surface area contributed by atoms with Crippen molar-refractivity contribution in [3.63, 3.8) is 0 Å². The van der Waals surface area contributed by atoms with E-state index in [2.05, 4.69) is 5.43 Å². The zero-order valence-corrected chi connectivity index (χ0v) is 8.60. The van der Waals surface area contributed by atoms with Crippen LogP contribution in [-0.2, 0) is 4.79 Å². The van der Waals surface area contributed by atoms with Crippen LogP contribution < -0.4 is 10.4 Å². The second kappa shape index (κ2) is 5.66. The minimum atomic E-state index is -0.142. The quantitative estimate of drug-likeness (QED) is 0.754. The first kappa shape index (κ1) is 11.1. The number of hydrogen-bond acceptors (Lipinski definition) is 3. The number of anilines is 1. The number of hydrazine groups is 1. The Bertz CT molecular complexity index is 356. The van der Waals surface area contributed by atoms with Crippen LogP contribution in [-0.4, -0.2) is 12.5 Å². The Balaban J connectivity index is 2.72. The summed E-state index contributed by atoms with van der Waals surface area (Å²) in [5.41, 5.74) is 3.55. The summed E-state index contributed by atoms with van der Waals surface area (Å²) in [5, 5.41) is 10.2. The van der Waals surface area contributed by atoms with E-state index in [9.17, 15) is 4.79 Å². The fourth-order valence-electron chi connectivity index (χ4n) is 1.21. The third kappa shape index (κ3) is 3.69. The fraction of sp³-hybridized carbons (Fsp3) is 0.273. The number of para-hydroxylation sites is 1. The first-order valence-corrected chi connectivity index (χ1v) is 4.71. The van der Waals surface area contributed by atoms with Gasteiger partial charge in [-0.25, -0.2) is 0 Å². The number of carbonyl (C=O) groups is 1. The van der Waals surface area contributed by atoms with Crippen molar-refractivity contribution < 1.29 is 4.79 Å². The largest absolute Gasteiger partial charge is 0.285 e. The molecule has 0 saturated heterocycles. The number of rotatable bonds is 4. The van der Waals surface area contributed by atoms with Gasteiger partial charge in [0.25, 0.3) is 0 Å². The highest BCUT2D eigenvalue weighted by Crippen LogP contribution is 2.10. The standard InChI is InChI=1S/C11H13N3O/c1-10(15)13-14(9-5-8-12)11-6-3-2-4-7-11/h2-4,6-7H,5,9H2,1H3,(H,13,15). The first-order valence-electron chi connectivity index (χ1n) is 4.71. The van der Waals surface area contributed by atoms with Crippen molar-refractivity contribution in [2.45, 2.75) is 13.3 Å². The lowest BCUT2D eigenvalue weighted by Crippen LogP contribution is -2.41. The van der Waals surface area contributed by atoms with Gasteiger partial charge in [0.1, 0.15) is 0 Å². The maximum Gasteiger partial charge on any atom is 0.235 e. The number of nitrogens with zero attached hydrogens (tertiary/aromatic N) is 2. The number of benzene rings is 1. The van der Waals surface area contributed by atoms with Crippen LogP contribution in [0.5, 0.6) is 0 Å². The molecule has 1 aromatic rings. The van der Waals surface area contributed by atoms with E-state index in [-0.39, 0.29) is 5.91 Å². The van der Waals surface area contributed by atoms with Gasteiger partial charge in [-0.05, 0) is 12.1 Å². The Hall–Kier alpha value is -2.02. The van der Waals surface area contributed by atoms with Gasteiger partial charge in [-0.3, -0.25) is 15.2 Å². The van der Waals surface area contributed by atoms with Gasteiger partial charge < -0.3 is 0 Å². The average Bonchev–Trinajstić information content (AvgIpc) is 2.25. The highest BCUT2D eigenvalue weighted by Gasteiger charge is 2.05. The van der Waals surface area contributed by atoms with Crippen LogP contribution in [0.3, 0.4) is 0 Å². The molecule has 0 fully saturated rings. The number of hydrogen-bond donors (Lipinski definition) is 1. The minimum Gasteiger partial charge on any atom is -0.285 e. The van der Waals surface area contributed by atoms with Crippen LogP contribution in [0.2, 0.25) is 0 Å². The van der Waals surface area contributed by atoms with E-state index in [0.29, 0.717) is 13.0 Å².